The summed E-state index contributed by atoms with van der Waals surface area (Å²) in [5.74, 6) is 0. The van der Waals surface area contributed by atoms with Crippen molar-refractivity contribution >= 4 is 40.8 Å². The molecule has 0 heterocycles. The molecule has 0 aliphatic carbocycles. The van der Waals surface area contributed by atoms with E-state index in [4.69, 9.17) is 30.0 Å². The summed E-state index contributed by atoms with van der Waals surface area (Å²) in [6.07, 6.45) is -3.04. The van der Waals surface area contributed by atoms with Crippen molar-refractivity contribution in [3.63, 3.8) is 0 Å². The fourth-order valence-electron chi connectivity index (χ4n) is 0. The molecule has 0 aromatic heterocycles. The topological polar surface area (TPSA) is 138 Å². The van der Waals surface area contributed by atoms with Crippen LogP contribution in [0.2, 0.25) is 0 Å². The largest absolute Gasteiger partial charge is 0.335 e. The van der Waals surface area contributed by atoms with Crippen molar-refractivity contribution in [1.29, 1.82) is 0 Å². The highest BCUT2D eigenvalue weighted by molar-refractivity contribution is 7.52. The van der Waals surface area contributed by atoms with E-state index in [1.807, 2.05) is 0 Å². The number of carbonyl (C=O) groups is 1. The van der Waals surface area contributed by atoms with E-state index in [0.717, 1.165) is 7.11 Å². The minimum Gasteiger partial charge on any atom is -0.258 e. The van der Waals surface area contributed by atoms with Gasteiger partial charge in [0.05, 0.1) is 7.11 Å². The molecule has 0 radical (unpaired) electrons. The van der Waals surface area contributed by atoms with Crippen LogP contribution in [0.4, 0.5) is 53.0 Å². The molecule has 0 aliphatic heterocycles. The van der Waals surface area contributed by atoms with Crippen molar-refractivity contribution in [3.8, 4) is 0 Å². The van der Waals surface area contributed by atoms with Crippen LogP contribution in [0.3, 0.4) is 0 Å². The van der Waals surface area contributed by atoms with E-state index < -0.39 is 93.4 Å². The first-order valence-corrected chi connectivity index (χ1v) is 8.24. The summed E-state index contributed by atoms with van der Waals surface area (Å²) in [6.45, 7) is -6.24. The van der Waals surface area contributed by atoms with E-state index in [-0.39, 0.29) is 0 Å². The van der Waals surface area contributed by atoms with Gasteiger partial charge in [0.15, 0.2) is 13.0 Å². The minimum absolute atomic E-state index is 0.750. The molecule has 0 atom stereocenters. The van der Waals surface area contributed by atoms with E-state index in [9.17, 15) is 53.0 Å². The van der Waals surface area contributed by atoms with Gasteiger partial charge in [-0.05, 0) is 9.05 Å². The quantitative estimate of drug-likeness (QED) is 0.350. The van der Waals surface area contributed by atoms with Crippen molar-refractivity contribution in [2.45, 2.75) is 0 Å². The highest BCUT2D eigenvalue weighted by Gasteiger charge is 1.88. The van der Waals surface area contributed by atoms with E-state index >= 15 is 0 Å². The first-order chi connectivity index (χ1) is 15.9. The molecule has 0 rings (SSSR count). The zero-order chi connectivity index (χ0) is 29.6. The first-order valence-electron chi connectivity index (χ1n) is 6.24. The number of rotatable bonds is 4. The molecule has 0 fully saturated rings. The van der Waals surface area contributed by atoms with Gasteiger partial charge in [0.25, 0.3) is 6.08 Å². The van der Waals surface area contributed by atoms with Gasteiger partial charge in [0, 0.05) is 0 Å². The SMILES string of the molecule is COF.FC=C(F)F.FCCF.FCCF.FCOF.O=C(F)CF.O=S=O.O=S=O.O=S=O. The van der Waals surface area contributed by atoms with Crippen LogP contribution in [0.25, 0.3) is 0 Å². The maximum Gasteiger partial charge on any atom is 0.335 e. The predicted octanol–water partition coefficient (Wildman–Crippen LogP) is 3.32. The Labute approximate surface area is 194 Å². The smallest absolute Gasteiger partial charge is 0.258 e. The highest BCUT2D eigenvalue weighted by atomic mass is 32.1. The molecule has 0 bridgehead atoms. The van der Waals surface area contributed by atoms with Gasteiger partial charge < -0.3 is 0 Å². The molecule has 0 spiro atoms. The van der Waals surface area contributed by atoms with Gasteiger partial charge in [0.1, 0.15) is 26.7 Å². The van der Waals surface area contributed by atoms with Gasteiger partial charge in [-0.25, -0.2) is 30.7 Å². The van der Waals surface area contributed by atoms with Gasteiger partial charge in [0.2, 0.25) is 6.86 Å². The van der Waals surface area contributed by atoms with Crippen molar-refractivity contribution in [1.82, 2.24) is 0 Å². The lowest BCUT2D eigenvalue weighted by Gasteiger charge is -1.64. The normalized spacial score (nSPS) is 6.38. The Kier molecular flexibility index (Phi) is 187. The lowest BCUT2D eigenvalue weighted by atomic mass is 10.8. The van der Waals surface area contributed by atoms with E-state index in [1.165, 1.54) is 0 Å². The third kappa shape index (κ3) is 1020. The molecule has 24 heteroatoms. The molecular weight excluding hydrogens is 588 g/mol. The van der Waals surface area contributed by atoms with Crippen LogP contribution >= 0.6 is 0 Å². The molecule has 0 unspecified atom stereocenters. The standard InChI is InChI=1S/C2HF3.C2H2F2O.2C2H4F2.CH2F2O.CH3FO.3O2S/c2*3-1-2(4)5;2*3-1-2-4;2-1-4-3;4*1-3-2/h1H;1H2;2*1-2H2;1H2;1H3;;;. The zero-order valence-corrected chi connectivity index (χ0v) is 18.7. The number of halogens is 12. The monoisotopic (exact) mass is 604 g/mol. The van der Waals surface area contributed by atoms with Crippen LogP contribution < -0.4 is 0 Å². The average molecular weight is 604 g/mol. The minimum atomic E-state index is -2.29. The van der Waals surface area contributed by atoms with Crippen molar-refractivity contribution in [2.24, 2.45) is 0 Å². The number of alkyl halides is 6. The van der Waals surface area contributed by atoms with Crippen LogP contribution in [0.1, 0.15) is 0 Å². The second-order valence-electron chi connectivity index (χ2n) is 2.22. The molecule has 0 N–H and O–H groups in total. The van der Waals surface area contributed by atoms with Crippen LogP contribution in [0, 0.1) is 0 Å². The van der Waals surface area contributed by atoms with Crippen LogP contribution in [-0.4, -0.2) is 78.6 Å². The molecule has 0 saturated carbocycles. The van der Waals surface area contributed by atoms with Crippen LogP contribution in [0.5, 0.6) is 0 Å². The molecular formula is C10H16F12O9S3. The lowest BCUT2D eigenvalue weighted by Crippen LogP contribution is -1.85. The highest BCUT2D eigenvalue weighted by Crippen LogP contribution is 1.93. The molecule has 0 amide bonds. The number of hydrogen-bond acceptors (Lipinski definition) is 9. The van der Waals surface area contributed by atoms with Gasteiger partial charge >= 0.3 is 40.8 Å². The van der Waals surface area contributed by atoms with Crippen molar-refractivity contribution in [3.05, 3.63) is 12.4 Å². The fourth-order valence-corrected chi connectivity index (χ4v) is 0. The lowest BCUT2D eigenvalue weighted by molar-refractivity contribution is -0.167. The molecule has 0 aliphatic rings. The third-order valence-electron chi connectivity index (χ3n) is 0.372. The molecule has 34 heavy (non-hydrogen) atoms. The Morgan fingerprint density at radius 2 is 0.824 bits per heavy atom. The summed E-state index contributed by atoms with van der Waals surface area (Å²) in [6, 6.07) is -1.91. The van der Waals surface area contributed by atoms with E-state index in [2.05, 4.69) is 9.88 Å². The summed E-state index contributed by atoms with van der Waals surface area (Å²) in [5, 5.41) is 0. The van der Waals surface area contributed by atoms with Crippen LogP contribution in [-0.2, 0) is 49.4 Å². The zero-order valence-electron chi connectivity index (χ0n) is 16.3. The number of hydrogen-bond donors (Lipinski definition) is 0. The van der Waals surface area contributed by atoms with E-state index in [0.29, 0.717) is 0 Å². The van der Waals surface area contributed by atoms with Gasteiger partial charge in [-0.1, -0.05) is 0 Å². The molecule has 0 saturated heterocycles. The Morgan fingerprint density at radius 1 is 0.706 bits per heavy atom. The molecule has 9 nitrogen and oxygen atoms in total. The molecule has 212 valence electrons. The Morgan fingerprint density at radius 3 is 0.824 bits per heavy atom. The second kappa shape index (κ2) is 109. The second-order valence-corrected chi connectivity index (χ2v) is 2.63. The Bertz CT molecular complexity index is 401. The fraction of sp³-hybridized carbons (Fsp3) is 0.700. The summed E-state index contributed by atoms with van der Waals surface area (Å²) < 4.78 is 172. The molecule has 0 aromatic carbocycles. The van der Waals surface area contributed by atoms with Gasteiger partial charge in [-0.2, -0.15) is 48.3 Å². The molecule has 0 aromatic rings. The first kappa shape index (κ1) is 58.1. The van der Waals surface area contributed by atoms with Crippen molar-refractivity contribution < 1.29 is 92.9 Å². The van der Waals surface area contributed by atoms with Gasteiger partial charge in [-0.15, -0.1) is 0 Å². The maximum absolute atomic E-state index is 10.4. The summed E-state index contributed by atoms with van der Waals surface area (Å²) in [7, 11) is 0.958. The number of carbonyl (C=O) groups excluding carboxylic acids is 1. The van der Waals surface area contributed by atoms with E-state index in [1.54, 1.807) is 0 Å². The average Bonchev–Trinajstić information content (AvgIpc) is 2.82. The predicted molar refractivity (Wildman–Crippen MR) is 90.4 cm³/mol. The summed E-state index contributed by atoms with van der Waals surface area (Å²) >= 11 is -2.25. The van der Waals surface area contributed by atoms with Crippen molar-refractivity contribution in [2.75, 3.05) is 47.3 Å². The summed E-state index contributed by atoms with van der Waals surface area (Å²) in [4.78, 5) is 13.9. The maximum atomic E-state index is 10.4. The Balaban J connectivity index is -0.0000000298. The van der Waals surface area contributed by atoms with Gasteiger partial charge in [-0.3, -0.25) is 4.79 Å². The summed E-state index contributed by atoms with van der Waals surface area (Å²) in [5.41, 5.74) is 0. The Hall–Kier alpha value is -2.05. The van der Waals surface area contributed by atoms with Crippen LogP contribution in [0.15, 0.2) is 12.4 Å². The third-order valence-corrected chi connectivity index (χ3v) is 0.372.